The lowest BCUT2D eigenvalue weighted by Gasteiger charge is -2.37. The molecule has 11 nitrogen and oxygen atoms in total. The van der Waals surface area contributed by atoms with E-state index >= 15 is 0 Å². The van der Waals surface area contributed by atoms with Crippen molar-refractivity contribution in [2.24, 2.45) is 5.92 Å². The predicted molar refractivity (Wildman–Crippen MR) is 105 cm³/mol. The third kappa shape index (κ3) is 5.01. The second-order valence-electron chi connectivity index (χ2n) is 9.39. The van der Waals surface area contributed by atoms with Gasteiger partial charge in [-0.05, 0) is 40.5 Å². The van der Waals surface area contributed by atoms with E-state index in [1.807, 2.05) is 0 Å². The summed E-state index contributed by atoms with van der Waals surface area (Å²) in [4.78, 5) is 36.8. The number of nitrogens with one attached hydrogen (secondary N) is 2. The van der Waals surface area contributed by atoms with Crippen LogP contribution in [-0.4, -0.2) is 77.3 Å². The average Bonchev–Trinajstić information content (AvgIpc) is 3.11. The van der Waals surface area contributed by atoms with Crippen molar-refractivity contribution in [2.75, 3.05) is 0 Å². The van der Waals surface area contributed by atoms with Crippen LogP contribution < -0.4 is 10.6 Å². The van der Waals surface area contributed by atoms with Gasteiger partial charge in [0.25, 0.3) is 5.91 Å². The van der Waals surface area contributed by atoms with E-state index in [1.165, 1.54) is 6.92 Å². The SMILES string of the molecule is CC(C)[C@@H](NC(=O)[C@H]1O[C@@H]2OC(C)(C)O[C@@H]2[C@H]2OC(C)(C)O[C@H]21)C(=O)N[C@H](C)C(=O)O. The van der Waals surface area contributed by atoms with Crippen LogP contribution in [0.1, 0.15) is 48.5 Å². The molecular weight excluding hydrogens is 412 g/mol. The minimum atomic E-state index is -1.17. The monoisotopic (exact) mass is 444 g/mol. The molecular formula is C20H32N2O9. The number of carbonyl (C=O) groups excluding carboxylic acids is 2. The maximum absolute atomic E-state index is 13.2. The molecule has 0 aromatic carbocycles. The maximum atomic E-state index is 13.2. The molecule has 3 aliphatic heterocycles. The summed E-state index contributed by atoms with van der Waals surface area (Å²) in [6.45, 7) is 11.8. The summed E-state index contributed by atoms with van der Waals surface area (Å²) in [5.41, 5.74) is 0. The van der Waals surface area contributed by atoms with Gasteiger partial charge >= 0.3 is 5.97 Å². The molecule has 3 N–H and O–H groups in total. The Bertz CT molecular complexity index is 738. The topological polar surface area (TPSA) is 142 Å². The summed E-state index contributed by atoms with van der Waals surface area (Å²) in [5.74, 6) is -4.55. The van der Waals surface area contributed by atoms with Crippen LogP contribution in [0.4, 0.5) is 0 Å². The Kier molecular flexibility index (Phi) is 6.38. The molecule has 3 rings (SSSR count). The van der Waals surface area contributed by atoms with Crippen LogP contribution in [0.3, 0.4) is 0 Å². The van der Waals surface area contributed by atoms with Crippen LogP contribution in [-0.2, 0) is 38.1 Å². The first kappa shape index (κ1) is 23.9. The standard InChI is InChI=1S/C20H32N2O9/c1-8(2)10(15(23)21-9(3)17(25)26)22-16(24)13-11-12(29-19(4,5)28-11)14-18(27-13)31-20(6,7)30-14/h8-14,18H,1-7H3,(H,21,23)(H,22,24)(H,25,26)/t9-,10-,11-,12+,13+,14-,18-/m1/s1. The fourth-order valence-corrected chi connectivity index (χ4v) is 3.96. The maximum Gasteiger partial charge on any atom is 0.325 e. The molecule has 176 valence electrons. The number of ether oxygens (including phenoxy) is 5. The Balaban J connectivity index is 1.77. The van der Waals surface area contributed by atoms with Crippen LogP contribution in [0, 0.1) is 5.92 Å². The quantitative estimate of drug-likeness (QED) is 0.520. The lowest BCUT2D eigenvalue weighted by atomic mass is 9.97. The number of hydrogen-bond acceptors (Lipinski definition) is 8. The molecule has 7 atom stereocenters. The van der Waals surface area contributed by atoms with Gasteiger partial charge in [0.2, 0.25) is 5.91 Å². The van der Waals surface area contributed by atoms with Gasteiger partial charge in [-0.3, -0.25) is 14.4 Å². The summed E-state index contributed by atoms with van der Waals surface area (Å²) in [5, 5.41) is 14.1. The molecule has 3 aliphatic rings. The number of aliphatic carboxylic acids is 1. The van der Waals surface area contributed by atoms with E-state index in [9.17, 15) is 14.4 Å². The van der Waals surface area contributed by atoms with Crippen LogP contribution in [0.25, 0.3) is 0 Å². The van der Waals surface area contributed by atoms with Gasteiger partial charge in [-0.25, -0.2) is 0 Å². The number of carboxylic acids is 1. The lowest BCUT2D eigenvalue weighted by molar-refractivity contribution is -0.231. The molecule has 31 heavy (non-hydrogen) atoms. The van der Waals surface area contributed by atoms with Crippen molar-refractivity contribution in [3.63, 3.8) is 0 Å². The number of hydrogen-bond donors (Lipinski definition) is 3. The Morgan fingerprint density at radius 1 is 0.839 bits per heavy atom. The number of fused-ring (bicyclic) bond motifs is 3. The molecule has 0 unspecified atom stereocenters. The minimum absolute atomic E-state index is 0.306. The zero-order valence-corrected chi connectivity index (χ0v) is 18.8. The number of rotatable bonds is 6. The molecule has 2 amide bonds. The van der Waals surface area contributed by atoms with Gasteiger partial charge in [-0.2, -0.15) is 0 Å². The highest BCUT2D eigenvalue weighted by molar-refractivity contribution is 5.91. The second-order valence-corrected chi connectivity index (χ2v) is 9.39. The van der Waals surface area contributed by atoms with Crippen molar-refractivity contribution in [3.05, 3.63) is 0 Å². The van der Waals surface area contributed by atoms with E-state index in [-0.39, 0.29) is 5.92 Å². The molecule has 0 radical (unpaired) electrons. The summed E-state index contributed by atoms with van der Waals surface area (Å²) in [6.07, 6.45) is -3.92. The van der Waals surface area contributed by atoms with Crippen LogP contribution in [0.5, 0.6) is 0 Å². The van der Waals surface area contributed by atoms with Crippen LogP contribution in [0.2, 0.25) is 0 Å². The zero-order valence-electron chi connectivity index (χ0n) is 18.8. The normalized spacial score (nSPS) is 35.0. The van der Waals surface area contributed by atoms with Crippen molar-refractivity contribution in [3.8, 4) is 0 Å². The van der Waals surface area contributed by atoms with Crippen molar-refractivity contribution < 1.29 is 43.2 Å². The van der Waals surface area contributed by atoms with E-state index < -0.39 is 72.1 Å². The van der Waals surface area contributed by atoms with Crippen LogP contribution >= 0.6 is 0 Å². The molecule has 11 heteroatoms. The van der Waals surface area contributed by atoms with Gasteiger partial charge in [-0.15, -0.1) is 0 Å². The predicted octanol–water partition coefficient (Wildman–Crippen LogP) is 0.113. The Labute approximate surface area is 181 Å². The third-order valence-electron chi connectivity index (χ3n) is 5.39. The van der Waals surface area contributed by atoms with Crippen LogP contribution in [0.15, 0.2) is 0 Å². The van der Waals surface area contributed by atoms with Gasteiger partial charge in [-0.1, -0.05) is 13.8 Å². The largest absolute Gasteiger partial charge is 0.480 e. The zero-order chi connectivity index (χ0) is 23.3. The smallest absolute Gasteiger partial charge is 0.325 e. The van der Waals surface area contributed by atoms with E-state index in [4.69, 9.17) is 28.8 Å². The van der Waals surface area contributed by atoms with E-state index in [2.05, 4.69) is 10.6 Å². The Morgan fingerprint density at radius 2 is 1.39 bits per heavy atom. The molecule has 3 saturated heterocycles. The Morgan fingerprint density at radius 3 is 1.97 bits per heavy atom. The van der Waals surface area contributed by atoms with Crippen molar-refractivity contribution >= 4 is 17.8 Å². The Hall–Kier alpha value is -1.79. The second kappa shape index (κ2) is 8.28. The summed E-state index contributed by atoms with van der Waals surface area (Å²) in [7, 11) is 0. The molecule has 3 heterocycles. The highest BCUT2D eigenvalue weighted by atomic mass is 16.9. The van der Waals surface area contributed by atoms with Gasteiger partial charge in [0.05, 0.1) is 0 Å². The first-order valence-corrected chi connectivity index (χ1v) is 10.4. The fraction of sp³-hybridized carbons (Fsp3) is 0.850. The van der Waals surface area contributed by atoms with E-state index in [1.54, 1.807) is 41.5 Å². The molecule has 0 bridgehead atoms. The number of carboxylic acid groups (broad SMARTS) is 1. The van der Waals surface area contributed by atoms with Crippen molar-refractivity contribution in [1.29, 1.82) is 0 Å². The van der Waals surface area contributed by atoms with Crippen molar-refractivity contribution in [2.45, 2.75) is 103 Å². The summed E-state index contributed by atoms with van der Waals surface area (Å²) >= 11 is 0. The lowest BCUT2D eigenvalue weighted by Crippen LogP contribution is -2.62. The average molecular weight is 444 g/mol. The number of carbonyl (C=O) groups is 3. The summed E-state index contributed by atoms with van der Waals surface area (Å²) < 4.78 is 29.5. The molecule has 0 saturated carbocycles. The highest BCUT2D eigenvalue weighted by Gasteiger charge is 2.62. The molecule has 0 spiro atoms. The molecule has 0 aliphatic carbocycles. The minimum Gasteiger partial charge on any atom is -0.480 e. The van der Waals surface area contributed by atoms with Gasteiger partial charge in [0, 0.05) is 0 Å². The molecule has 0 aromatic heterocycles. The first-order chi connectivity index (χ1) is 14.2. The third-order valence-corrected chi connectivity index (χ3v) is 5.39. The first-order valence-electron chi connectivity index (χ1n) is 10.4. The summed E-state index contributed by atoms with van der Waals surface area (Å²) in [6, 6.07) is -2.07. The molecule has 3 fully saturated rings. The number of amides is 2. The van der Waals surface area contributed by atoms with E-state index in [0.29, 0.717) is 0 Å². The van der Waals surface area contributed by atoms with Gasteiger partial charge < -0.3 is 39.4 Å². The fourth-order valence-electron chi connectivity index (χ4n) is 3.96. The van der Waals surface area contributed by atoms with Gasteiger partial charge in [0.1, 0.15) is 30.4 Å². The molecule has 0 aromatic rings. The highest BCUT2D eigenvalue weighted by Crippen LogP contribution is 2.44. The van der Waals surface area contributed by atoms with Gasteiger partial charge in [0.15, 0.2) is 24.0 Å². The van der Waals surface area contributed by atoms with E-state index in [0.717, 1.165) is 0 Å². The van der Waals surface area contributed by atoms with Crippen molar-refractivity contribution in [1.82, 2.24) is 10.6 Å².